The number of hydrogen-bond donors (Lipinski definition) is 1. The molecule has 0 aliphatic heterocycles. The molecule has 0 spiro atoms. The van der Waals surface area contributed by atoms with Crippen molar-refractivity contribution in [1.29, 1.82) is 0 Å². The Kier molecular flexibility index (Phi) is 2.66. The van der Waals surface area contributed by atoms with E-state index in [2.05, 4.69) is 37.2 Å². The summed E-state index contributed by atoms with van der Waals surface area (Å²) in [5.74, 6) is 1.69. The largest absolute Gasteiger partial charge is 0.388 e. The minimum Gasteiger partial charge on any atom is -0.388 e. The molecule has 1 aromatic heterocycles. The molecule has 106 valence electrons. The van der Waals surface area contributed by atoms with Crippen LogP contribution < -0.4 is 0 Å². The van der Waals surface area contributed by atoms with Gasteiger partial charge in [0.2, 0.25) is 0 Å². The van der Waals surface area contributed by atoms with Crippen molar-refractivity contribution in [3.05, 3.63) is 18.2 Å². The molecule has 0 aromatic carbocycles. The zero-order chi connectivity index (χ0) is 13.9. The van der Waals surface area contributed by atoms with Crippen LogP contribution in [0.25, 0.3) is 0 Å². The highest BCUT2D eigenvalue weighted by atomic mass is 16.3. The molecule has 2 saturated carbocycles. The number of aliphatic hydroxyl groups is 1. The van der Waals surface area contributed by atoms with Crippen LogP contribution in [0, 0.1) is 16.7 Å². The van der Waals surface area contributed by atoms with E-state index in [-0.39, 0.29) is 10.8 Å². The van der Waals surface area contributed by atoms with Crippen LogP contribution in [0.4, 0.5) is 0 Å². The number of nitrogens with zero attached hydrogens (tertiary/aromatic N) is 2. The molecule has 2 bridgehead atoms. The van der Waals surface area contributed by atoms with E-state index >= 15 is 0 Å². The molecule has 1 aromatic rings. The van der Waals surface area contributed by atoms with Crippen LogP contribution in [0.3, 0.4) is 0 Å². The molecule has 1 N–H and O–H groups in total. The van der Waals surface area contributed by atoms with Gasteiger partial charge in [0.05, 0.1) is 5.60 Å². The second-order valence-corrected chi connectivity index (χ2v) is 7.39. The Morgan fingerprint density at radius 2 is 2.16 bits per heavy atom. The maximum Gasteiger partial charge on any atom is 0.111 e. The summed E-state index contributed by atoms with van der Waals surface area (Å²) in [5, 5.41) is 11.5. The van der Waals surface area contributed by atoms with E-state index in [4.69, 9.17) is 0 Å². The van der Waals surface area contributed by atoms with Gasteiger partial charge < -0.3 is 9.67 Å². The normalized spacial score (nSPS) is 39.9. The molecule has 2 aliphatic carbocycles. The first-order chi connectivity index (χ1) is 8.84. The highest BCUT2D eigenvalue weighted by molar-refractivity contribution is 5.20. The fraction of sp³-hybridized carbons (Fsp3) is 0.812. The van der Waals surface area contributed by atoms with Gasteiger partial charge in [0, 0.05) is 25.4 Å². The van der Waals surface area contributed by atoms with Crippen molar-refractivity contribution in [1.82, 2.24) is 9.55 Å². The van der Waals surface area contributed by atoms with Crippen molar-refractivity contribution < 1.29 is 5.11 Å². The fourth-order valence-electron chi connectivity index (χ4n) is 4.81. The fourth-order valence-corrected chi connectivity index (χ4v) is 4.81. The van der Waals surface area contributed by atoms with E-state index in [9.17, 15) is 5.11 Å². The summed E-state index contributed by atoms with van der Waals surface area (Å²) in [6, 6.07) is 0. The zero-order valence-corrected chi connectivity index (χ0v) is 12.6. The third-order valence-corrected chi connectivity index (χ3v) is 6.38. The molecule has 2 fully saturated rings. The van der Waals surface area contributed by atoms with Crippen LogP contribution in [0.2, 0.25) is 0 Å². The van der Waals surface area contributed by atoms with E-state index in [1.807, 2.05) is 12.4 Å². The van der Waals surface area contributed by atoms with Crippen molar-refractivity contribution in [2.45, 2.75) is 65.5 Å². The van der Waals surface area contributed by atoms with Gasteiger partial charge in [-0.15, -0.1) is 0 Å². The van der Waals surface area contributed by atoms with Crippen molar-refractivity contribution in [2.24, 2.45) is 16.7 Å². The molecule has 3 nitrogen and oxygen atoms in total. The summed E-state index contributed by atoms with van der Waals surface area (Å²) in [5.41, 5.74) is -0.572. The minimum absolute atomic E-state index is 0.00940. The number of hydrogen-bond acceptors (Lipinski definition) is 2. The van der Waals surface area contributed by atoms with Gasteiger partial charge in [0.15, 0.2) is 0 Å². The lowest BCUT2D eigenvalue weighted by Gasteiger charge is -2.50. The van der Waals surface area contributed by atoms with Gasteiger partial charge >= 0.3 is 0 Å². The Bertz CT molecular complexity index is 486. The molecular weight excluding hydrogens is 236 g/mol. The smallest absolute Gasteiger partial charge is 0.111 e. The van der Waals surface area contributed by atoms with Crippen LogP contribution in [-0.4, -0.2) is 20.3 Å². The second kappa shape index (κ2) is 3.85. The third kappa shape index (κ3) is 1.51. The van der Waals surface area contributed by atoms with Gasteiger partial charge in [-0.2, -0.15) is 0 Å². The number of imidazole rings is 1. The SMILES string of the molecule is CCn1ccnc1CC1(O)C2(C)CCC(C2)C1(C)C. The standard InChI is InChI=1S/C16H26N2O/c1-5-18-9-8-17-13(18)11-16(19)14(2,3)12-6-7-15(16,4)10-12/h8-9,12,19H,5-7,10-11H2,1-4H3. The first-order valence-corrected chi connectivity index (χ1v) is 7.56. The second-order valence-electron chi connectivity index (χ2n) is 7.39. The third-order valence-electron chi connectivity index (χ3n) is 6.38. The summed E-state index contributed by atoms with van der Waals surface area (Å²) in [6.07, 6.45) is 8.15. The molecule has 19 heavy (non-hydrogen) atoms. The van der Waals surface area contributed by atoms with Gasteiger partial charge in [-0.05, 0) is 42.9 Å². The Morgan fingerprint density at radius 1 is 1.42 bits per heavy atom. The lowest BCUT2D eigenvalue weighted by Crippen LogP contribution is -2.55. The predicted octanol–water partition coefficient (Wildman–Crippen LogP) is 3.02. The molecule has 3 unspecified atom stereocenters. The number of aromatic nitrogens is 2. The Balaban J connectivity index is 1.98. The Labute approximate surface area is 116 Å². The predicted molar refractivity (Wildman–Crippen MR) is 75.8 cm³/mol. The first kappa shape index (κ1) is 13.2. The van der Waals surface area contributed by atoms with Crippen LogP contribution in [0.15, 0.2) is 12.4 Å². The van der Waals surface area contributed by atoms with Gasteiger partial charge in [0.1, 0.15) is 5.82 Å². The van der Waals surface area contributed by atoms with Crippen molar-refractivity contribution >= 4 is 0 Å². The highest BCUT2D eigenvalue weighted by Gasteiger charge is 2.68. The van der Waals surface area contributed by atoms with Crippen LogP contribution in [-0.2, 0) is 13.0 Å². The maximum atomic E-state index is 11.5. The molecule has 3 heteroatoms. The molecule has 0 saturated heterocycles. The van der Waals surface area contributed by atoms with E-state index < -0.39 is 5.60 Å². The van der Waals surface area contributed by atoms with Crippen LogP contribution in [0.1, 0.15) is 52.8 Å². The first-order valence-electron chi connectivity index (χ1n) is 7.56. The van der Waals surface area contributed by atoms with E-state index in [0.29, 0.717) is 12.3 Å². The lowest BCUT2D eigenvalue weighted by molar-refractivity contribution is -0.143. The molecular formula is C16H26N2O. The van der Waals surface area contributed by atoms with Gasteiger partial charge in [-0.3, -0.25) is 0 Å². The number of fused-ring (bicyclic) bond motifs is 2. The summed E-state index contributed by atoms with van der Waals surface area (Å²) in [4.78, 5) is 4.48. The maximum absolute atomic E-state index is 11.5. The van der Waals surface area contributed by atoms with E-state index in [0.717, 1.165) is 18.8 Å². The molecule has 3 rings (SSSR count). The monoisotopic (exact) mass is 262 g/mol. The van der Waals surface area contributed by atoms with Crippen LogP contribution >= 0.6 is 0 Å². The highest BCUT2D eigenvalue weighted by Crippen LogP contribution is 2.68. The molecule has 1 heterocycles. The summed E-state index contributed by atoms with van der Waals surface area (Å²) in [6.45, 7) is 9.83. The quantitative estimate of drug-likeness (QED) is 0.909. The molecule has 2 aliphatic rings. The summed E-state index contributed by atoms with van der Waals surface area (Å²) < 4.78 is 2.16. The van der Waals surface area contributed by atoms with Crippen molar-refractivity contribution in [3.63, 3.8) is 0 Å². The van der Waals surface area contributed by atoms with Gasteiger partial charge in [0.25, 0.3) is 0 Å². The minimum atomic E-state index is -0.624. The van der Waals surface area contributed by atoms with E-state index in [1.165, 1.54) is 12.8 Å². The van der Waals surface area contributed by atoms with Gasteiger partial charge in [-0.25, -0.2) is 4.98 Å². The zero-order valence-electron chi connectivity index (χ0n) is 12.6. The Hall–Kier alpha value is -0.830. The average molecular weight is 262 g/mol. The number of rotatable bonds is 3. The average Bonchev–Trinajstić information content (AvgIpc) is 2.98. The van der Waals surface area contributed by atoms with Gasteiger partial charge in [-0.1, -0.05) is 20.8 Å². The number of aryl methyl sites for hydroxylation is 1. The topological polar surface area (TPSA) is 38.0 Å². The summed E-state index contributed by atoms with van der Waals surface area (Å²) >= 11 is 0. The van der Waals surface area contributed by atoms with Crippen LogP contribution in [0.5, 0.6) is 0 Å². The molecule has 0 radical (unpaired) electrons. The summed E-state index contributed by atoms with van der Waals surface area (Å²) in [7, 11) is 0. The molecule has 3 atom stereocenters. The lowest BCUT2D eigenvalue weighted by atomic mass is 9.59. The van der Waals surface area contributed by atoms with E-state index in [1.54, 1.807) is 0 Å². The molecule has 0 amide bonds. The van der Waals surface area contributed by atoms with Crippen molar-refractivity contribution in [3.8, 4) is 0 Å². The Morgan fingerprint density at radius 3 is 2.74 bits per heavy atom. The van der Waals surface area contributed by atoms with Crippen molar-refractivity contribution in [2.75, 3.05) is 0 Å².